The number of rotatable bonds is 7. The van der Waals surface area contributed by atoms with E-state index in [9.17, 15) is 4.21 Å². The van der Waals surface area contributed by atoms with E-state index in [1.165, 1.54) is 6.33 Å². The molecule has 3 N–H and O–H groups in total. The Morgan fingerprint density at radius 3 is 2.73 bits per heavy atom. The Kier molecular flexibility index (Phi) is 5.51. The number of hydrogen-bond acceptors (Lipinski definition) is 7. The van der Waals surface area contributed by atoms with E-state index < -0.39 is 11.0 Å². The first-order chi connectivity index (χ1) is 14.5. The fourth-order valence-electron chi connectivity index (χ4n) is 3.02. The lowest BCUT2D eigenvalue weighted by atomic mass is 10.2. The van der Waals surface area contributed by atoms with Gasteiger partial charge in [-0.15, -0.1) is 0 Å². The highest BCUT2D eigenvalue weighted by molar-refractivity contribution is 7.83. The first-order valence-electron chi connectivity index (χ1n) is 9.39. The molecule has 0 saturated heterocycles. The fourth-order valence-corrected chi connectivity index (χ4v) is 3.67. The number of nitrogens with zero attached hydrogens (tertiary/aromatic N) is 3. The van der Waals surface area contributed by atoms with Gasteiger partial charge in [-0.1, -0.05) is 0 Å². The van der Waals surface area contributed by atoms with E-state index in [1.54, 1.807) is 25.2 Å². The molecule has 0 fully saturated rings. The fraction of sp³-hybridized carbons (Fsp3) is 0.250. The van der Waals surface area contributed by atoms with E-state index in [-0.39, 0.29) is 6.10 Å². The van der Waals surface area contributed by atoms with Crippen molar-refractivity contribution in [3.05, 3.63) is 42.4 Å². The molecule has 3 aromatic heterocycles. The number of anilines is 2. The summed E-state index contributed by atoms with van der Waals surface area (Å²) >= 11 is 0. The maximum atomic E-state index is 12.2. The van der Waals surface area contributed by atoms with Crippen molar-refractivity contribution in [1.82, 2.24) is 24.9 Å². The van der Waals surface area contributed by atoms with Crippen molar-refractivity contribution in [2.45, 2.75) is 31.8 Å². The molecule has 4 aromatic rings. The largest absolute Gasteiger partial charge is 0.489 e. The number of fused-ring (bicyclic) bond motifs is 1. The van der Waals surface area contributed by atoms with Crippen LogP contribution in [0.2, 0.25) is 0 Å². The third kappa shape index (κ3) is 3.91. The molecule has 1 aromatic carbocycles. The molecule has 0 aliphatic carbocycles. The second kappa shape index (κ2) is 8.25. The van der Waals surface area contributed by atoms with Crippen LogP contribution in [0.5, 0.6) is 5.75 Å². The van der Waals surface area contributed by atoms with Crippen molar-refractivity contribution in [3.63, 3.8) is 0 Å². The summed E-state index contributed by atoms with van der Waals surface area (Å²) < 4.78 is 26.7. The lowest BCUT2D eigenvalue weighted by Gasteiger charge is -2.16. The van der Waals surface area contributed by atoms with Gasteiger partial charge in [0.15, 0.2) is 11.4 Å². The summed E-state index contributed by atoms with van der Waals surface area (Å²) in [5, 5.41) is 11.2. The lowest BCUT2D eigenvalue weighted by Crippen LogP contribution is -2.12. The summed E-state index contributed by atoms with van der Waals surface area (Å²) in [6.07, 6.45) is 1.40. The van der Waals surface area contributed by atoms with Crippen LogP contribution in [0.1, 0.15) is 19.6 Å². The SMILES string of the molecule is CNS(=O)c1ccc(OC(C)C)c(Nc2ncnc3n[nH]c(-c4ccc(C)o4)c23)c1. The first-order valence-corrected chi connectivity index (χ1v) is 10.5. The predicted molar refractivity (Wildman–Crippen MR) is 115 cm³/mol. The molecule has 0 radical (unpaired) electrons. The van der Waals surface area contributed by atoms with Gasteiger partial charge in [-0.2, -0.15) is 5.10 Å². The van der Waals surface area contributed by atoms with Gasteiger partial charge in [0.25, 0.3) is 0 Å². The van der Waals surface area contributed by atoms with E-state index in [2.05, 4.69) is 30.2 Å². The Hall–Kier alpha value is -3.24. The summed E-state index contributed by atoms with van der Waals surface area (Å²) in [5.41, 5.74) is 1.80. The zero-order valence-electron chi connectivity index (χ0n) is 17.0. The van der Waals surface area contributed by atoms with Crippen LogP contribution >= 0.6 is 0 Å². The van der Waals surface area contributed by atoms with Gasteiger partial charge in [-0.25, -0.2) is 18.9 Å². The van der Waals surface area contributed by atoms with E-state index >= 15 is 0 Å². The van der Waals surface area contributed by atoms with Crippen molar-refractivity contribution < 1.29 is 13.4 Å². The average molecular weight is 427 g/mol. The standard InChI is InChI=1S/C20H22N6O3S/c1-11(2)28-15-8-6-13(30(27)21-4)9-14(15)24-19-17-18(16-7-5-12(3)29-16)25-26-20(17)23-10-22-19/h5-11,21H,1-4H3,(H2,22,23,24,25,26). The Balaban J connectivity index is 1.82. The molecule has 0 spiro atoms. The number of H-pyrrole nitrogens is 1. The summed E-state index contributed by atoms with van der Waals surface area (Å²) in [6, 6.07) is 9.07. The number of ether oxygens (including phenoxy) is 1. The molecule has 0 bridgehead atoms. The lowest BCUT2D eigenvalue weighted by molar-refractivity contribution is 0.243. The van der Waals surface area contributed by atoms with Crippen molar-refractivity contribution in [1.29, 1.82) is 0 Å². The van der Waals surface area contributed by atoms with Crippen molar-refractivity contribution in [3.8, 4) is 17.2 Å². The third-order valence-electron chi connectivity index (χ3n) is 4.30. The van der Waals surface area contributed by atoms with Gasteiger partial charge < -0.3 is 14.5 Å². The molecule has 0 saturated carbocycles. The molecule has 9 nitrogen and oxygen atoms in total. The monoisotopic (exact) mass is 426 g/mol. The second-order valence-electron chi connectivity index (χ2n) is 6.85. The molecule has 30 heavy (non-hydrogen) atoms. The number of hydrogen-bond donors (Lipinski definition) is 3. The number of aromatic nitrogens is 4. The summed E-state index contributed by atoms with van der Waals surface area (Å²) in [5.74, 6) is 2.57. The molecule has 3 heterocycles. The van der Waals surface area contributed by atoms with Crippen LogP contribution in [0.25, 0.3) is 22.5 Å². The van der Waals surface area contributed by atoms with E-state index in [0.29, 0.717) is 44.6 Å². The molecule has 0 amide bonds. The maximum Gasteiger partial charge on any atom is 0.186 e. The molecule has 1 unspecified atom stereocenters. The Bertz CT molecular complexity index is 1220. The molecule has 156 valence electrons. The minimum Gasteiger partial charge on any atom is -0.489 e. The van der Waals surface area contributed by atoms with Crippen LogP contribution in [0, 0.1) is 6.92 Å². The average Bonchev–Trinajstić information content (AvgIpc) is 3.35. The number of furan rings is 1. The van der Waals surface area contributed by atoms with Crippen LogP contribution < -0.4 is 14.8 Å². The van der Waals surface area contributed by atoms with Gasteiger partial charge in [0, 0.05) is 0 Å². The minimum absolute atomic E-state index is 0.0350. The number of aromatic amines is 1. The Morgan fingerprint density at radius 2 is 2.03 bits per heavy atom. The zero-order chi connectivity index (χ0) is 21.3. The van der Waals surface area contributed by atoms with Gasteiger partial charge in [0.05, 0.1) is 22.1 Å². The van der Waals surface area contributed by atoms with Crippen LogP contribution in [-0.4, -0.2) is 37.5 Å². The van der Waals surface area contributed by atoms with Crippen molar-refractivity contribution in [2.24, 2.45) is 0 Å². The van der Waals surface area contributed by atoms with E-state index in [1.807, 2.05) is 32.9 Å². The smallest absolute Gasteiger partial charge is 0.186 e. The number of nitrogens with one attached hydrogen (secondary N) is 3. The number of aryl methyl sites for hydroxylation is 1. The van der Waals surface area contributed by atoms with Crippen LogP contribution in [0.4, 0.5) is 11.5 Å². The highest BCUT2D eigenvalue weighted by atomic mass is 32.2. The van der Waals surface area contributed by atoms with Crippen LogP contribution in [-0.2, 0) is 11.0 Å². The third-order valence-corrected chi connectivity index (χ3v) is 5.36. The van der Waals surface area contributed by atoms with Crippen LogP contribution in [0.15, 0.2) is 46.0 Å². The summed E-state index contributed by atoms with van der Waals surface area (Å²) in [6.45, 7) is 5.76. The first kappa shape index (κ1) is 20.0. The highest BCUT2D eigenvalue weighted by Gasteiger charge is 2.18. The molecule has 4 rings (SSSR count). The van der Waals surface area contributed by atoms with Crippen LogP contribution in [0.3, 0.4) is 0 Å². The molecule has 10 heteroatoms. The van der Waals surface area contributed by atoms with Crippen molar-refractivity contribution >= 4 is 33.5 Å². The Morgan fingerprint density at radius 1 is 1.20 bits per heavy atom. The predicted octanol–water partition coefficient (Wildman–Crippen LogP) is 3.69. The van der Waals surface area contributed by atoms with Gasteiger partial charge in [-0.05, 0) is 58.2 Å². The normalized spacial score (nSPS) is 12.4. The quantitative estimate of drug-likeness (QED) is 0.412. The molecular weight excluding hydrogens is 404 g/mol. The molecular formula is C20H22N6O3S. The topological polar surface area (TPSA) is 118 Å². The van der Waals surface area contributed by atoms with E-state index in [4.69, 9.17) is 9.15 Å². The van der Waals surface area contributed by atoms with E-state index in [0.717, 1.165) is 5.76 Å². The maximum absolute atomic E-state index is 12.2. The molecule has 1 atom stereocenters. The summed E-state index contributed by atoms with van der Waals surface area (Å²) in [4.78, 5) is 9.26. The van der Waals surface area contributed by atoms with Crippen molar-refractivity contribution in [2.75, 3.05) is 12.4 Å². The van der Waals surface area contributed by atoms with Gasteiger partial charge >= 0.3 is 0 Å². The minimum atomic E-state index is -1.34. The molecule has 0 aliphatic heterocycles. The van der Waals surface area contributed by atoms with Gasteiger partial charge in [0.1, 0.15) is 40.3 Å². The highest BCUT2D eigenvalue weighted by Crippen LogP contribution is 2.35. The molecule has 0 aliphatic rings. The summed E-state index contributed by atoms with van der Waals surface area (Å²) in [7, 11) is 0.296. The van der Waals surface area contributed by atoms with Gasteiger partial charge in [-0.3, -0.25) is 5.10 Å². The van der Waals surface area contributed by atoms with Gasteiger partial charge in [0.2, 0.25) is 0 Å². The zero-order valence-corrected chi connectivity index (χ0v) is 17.8. The number of benzene rings is 1. The second-order valence-corrected chi connectivity index (χ2v) is 8.27. The Labute approximate surface area is 175 Å².